The molecule has 0 aromatic heterocycles. The molecule has 0 radical (unpaired) electrons. The van der Waals surface area contributed by atoms with Gasteiger partial charge in [-0.2, -0.15) is 0 Å². The quantitative estimate of drug-likeness (QED) is 0.661. The van der Waals surface area contributed by atoms with E-state index in [2.05, 4.69) is 10.6 Å². The number of carboxylic acids is 1. The maximum atomic E-state index is 11.7. The van der Waals surface area contributed by atoms with Crippen molar-refractivity contribution in [2.45, 2.75) is 38.6 Å². The van der Waals surface area contributed by atoms with Crippen LogP contribution in [-0.4, -0.2) is 53.1 Å². The van der Waals surface area contributed by atoms with Crippen molar-refractivity contribution in [2.24, 2.45) is 0 Å². The number of likely N-dealkylation sites (tertiary alicyclic amines) is 1. The van der Waals surface area contributed by atoms with Gasteiger partial charge in [0.2, 0.25) is 5.91 Å². The second-order valence-electron chi connectivity index (χ2n) is 4.91. The van der Waals surface area contributed by atoms with Crippen LogP contribution in [0.4, 0.5) is 4.79 Å². The zero-order valence-electron chi connectivity index (χ0n) is 11.4. The van der Waals surface area contributed by atoms with Crippen LogP contribution < -0.4 is 10.6 Å². The molecule has 3 N–H and O–H groups in total. The Labute approximate surface area is 112 Å². The lowest BCUT2D eigenvalue weighted by Crippen LogP contribution is -2.52. The summed E-state index contributed by atoms with van der Waals surface area (Å²) in [5.41, 5.74) is -1.02. The predicted octanol–water partition coefficient (Wildman–Crippen LogP) is 0.161. The molecule has 1 unspecified atom stereocenters. The van der Waals surface area contributed by atoms with Gasteiger partial charge in [0.1, 0.15) is 5.54 Å². The molecule has 0 aromatic rings. The summed E-state index contributed by atoms with van der Waals surface area (Å²) in [4.78, 5) is 35.8. The van der Waals surface area contributed by atoms with Crippen LogP contribution in [0.25, 0.3) is 0 Å². The maximum Gasteiger partial charge on any atom is 0.323 e. The van der Waals surface area contributed by atoms with E-state index in [4.69, 9.17) is 0 Å². The van der Waals surface area contributed by atoms with Crippen LogP contribution in [0.15, 0.2) is 0 Å². The van der Waals surface area contributed by atoms with E-state index in [0.29, 0.717) is 19.5 Å². The van der Waals surface area contributed by atoms with E-state index in [1.807, 2.05) is 6.92 Å². The molecule has 1 fully saturated rings. The second kappa shape index (κ2) is 6.51. The Morgan fingerprint density at radius 3 is 2.63 bits per heavy atom. The van der Waals surface area contributed by atoms with Crippen molar-refractivity contribution in [1.82, 2.24) is 15.5 Å². The SMILES string of the molecule is CCCNC(=O)NC(=O)CN1CCCC1(C)C(=O)O. The Kier molecular flexibility index (Phi) is 5.29. The third-order valence-electron chi connectivity index (χ3n) is 3.37. The number of aliphatic carboxylic acids is 1. The highest BCUT2D eigenvalue weighted by Crippen LogP contribution is 2.28. The van der Waals surface area contributed by atoms with Gasteiger partial charge >= 0.3 is 12.0 Å². The van der Waals surface area contributed by atoms with E-state index in [1.54, 1.807) is 11.8 Å². The van der Waals surface area contributed by atoms with Crippen molar-refractivity contribution >= 4 is 17.9 Å². The fourth-order valence-corrected chi connectivity index (χ4v) is 2.14. The molecular weight excluding hydrogens is 250 g/mol. The first kappa shape index (κ1) is 15.4. The molecule has 19 heavy (non-hydrogen) atoms. The molecule has 1 rings (SSSR count). The summed E-state index contributed by atoms with van der Waals surface area (Å²) in [6.45, 7) is 4.47. The van der Waals surface area contributed by atoms with Gasteiger partial charge < -0.3 is 10.4 Å². The molecule has 1 saturated heterocycles. The van der Waals surface area contributed by atoms with Gasteiger partial charge in [-0.05, 0) is 32.7 Å². The topological polar surface area (TPSA) is 98.7 Å². The van der Waals surface area contributed by atoms with Gasteiger partial charge in [-0.25, -0.2) is 4.79 Å². The molecule has 1 aliphatic heterocycles. The van der Waals surface area contributed by atoms with Crippen LogP contribution in [0.5, 0.6) is 0 Å². The van der Waals surface area contributed by atoms with Crippen LogP contribution in [0.1, 0.15) is 33.1 Å². The van der Waals surface area contributed by atoms with Gasteiger partial charge in [0.05, 0.1) is 6.54 Å². The average molecular weight is 271 g/mol. The van der Waals surface area contributed by atoms with Crippen molar-refractivity contribution in [3.05, 3.63) is 0 Å². The number of amides is 3. The minimum absolute atomic E-state index is 0.0810. The standard InChI is InChI=1S/C12H21N3O4/c1-3-6-13-11(19)14-9(16)8-15-7-4-5-12(15,2)10(17)18/h3-8H2,1-2H3,(H,17,18)(H2,13,14,16,19). The molecule has 0 bridgehead atoms. The highest BCUT2D eigenvalue weighted by atomic mass is 16.4. The summed E-state index contributed by atoms with van der Waals surface area (Å²) < 4.78 is 0. The summed E-state index contributed by atoms with van der Waals surface area (Å²) >= 11 is 0. The molecule has 0 spiro atoms. The largest absolute Gasteiger partial charge is 0.480 e. The fourth-order valence-electron chi connectivity index (χ4n) is 2.14. The smallest absolute Gasteiger partial charge is 0.323 e. The monoisotopic (exact) mass is 271 g/mol. The number of carbonyl (C=O) groups excluding carboxylic acids is 2. The van der Waals surface area contributed by atoms with Crippen LogP contribution in [-0.2, 0) is 9.59 Å². The third kappa shape index (κ3) is 3.92. The van der Waals surface area contributed by atoms with E-state index in [0.717, 1.165) is 12.8 Å². The molecule has 3 amide bonds. The van der Waals surface area contributed by atoms with Gasteiger partial charge in [0, 0.05) is 6.54 Å². The Morgan fingerprint density at radius 2 is 2.05 bits per heavy atom. The molecule has 1 atom stereocenters. The van der Waals surface area contributed by atoms with E-state index in [1.165, 1.54) is 0 Å². The minimum Gasteiger partial charge on any atom is -0.480 e. The summed E-state index contributed by atoms with van der Waals surface area (Å²) in [6, 6.07) is -0.539. The Morgan fingerprint density at radius 1 is 1.37 bits per heavy atom. The number of nitrogens with zero attached hydrogens (tertiary/aromatic N) is 1. The minimum atomic E-state index is -1.02. The molecule has 1 heterocycles. The predicted molar refractivity (Wildman–Crippen MR) is 68.7 cm³/mol. The summed E-state index contributed by atoms with van der Waals surface area (Å²) in [5, 5.41) is 13.9. The second-order valence-corrected chi connectivity index (χ2v) is 4.91. The molecule has 1 aliphatic rings. The lowest BCUT2D eigenvalue weighted by molar-refractivity contribution is -0.149. The highest BCUT2D eigenvalue weighted by molar-refractivity contribution is 5.95. The maximum absolute atomic E-state index is 11.7. The van der Waals surface area contributed by atoms with Crippen molar-refractivity contribution in [3.63, 3.8) is 0 Å². The number of rotatable bonds is 5. The zero-order chi connectivity index (χ0) is 14.5. The van der Waals surface area contributed by atoms with Crippen LogP contribution in [0, 0.1) is 0 Å². The average Bonchev–Trinajstić information content (AvgIpc) is 2.69. The number of hydrogen-bond acceptors (Lipinski definition) is 4. The molecule has 0 aliphatic carbocycles. The highest BCUT2D eigenvalue weighted by Gasteiger charge is 2.43. The number of imide groups is 1. The van der Waals surface area contributed by atoms with Crippen molar-refractivity contribution in [3.8, 4) is 0 Å². The van der Waals surface area contributed by atoms with Crippen molar-refractivity contribution in [1.29, 1.82) is 0 Å². The number of carbonyl (C=O) groups is 3. The first-order valence-electron chi connectivity index (χ1n) is 6.46. The number of urea groups is 1. The molecule has 0 aromatic carbocycles. The Bertz CT molecular complexity index is 372. The van der Waals surface area contributed by atoms with Crippen molar-refractivity contribution in [2.75, 3.05) is 19.6 Å². The zero-order valence-corrected chi connectivity index (χ0v) is 11.4. The molecule has 108 valence electrons. The molecular formula is C12H21N3O4. The van der Waals surface area contributed by atoms with Gasteiger partial charge in [0.25, 0.3) is 0 Å². The number of hydrogen-bond donors (Lipinski definition) is 3. The number of nitrogens with one attached hydrogen (secondary N) is 2. The lowest BCUT2D eigenvalue weighted by Gasteiger charge is -2.30. The number of carboxylic acid groups (broad SMARTS) is 1. The Balaban J connectivity index is 2.48. The van der Waals surface area contributed by atoms with Crippen LogP contribution in [0.2, 0.25) is 0 Å². The van der Waals surface area contributed by atoms with E-state index < -0.39 is 23.4 Å². The third-order valence-corrected chi connectivity index (χ3v) is 3.37. The molecule has 0 saturated carbocycles. The first-order valence-corrected chi connectivity index (χ1v) is 6.46. The lowest BCUT2D eigenvalue weighted by atomic mass is 9.99. The van der Waals surface area contributed by atoms with Gasteiger partial charge in [-0.15, -0.1) is 0 Å². The summed E-state index contributed by atoms with van der Waals surface area (Å²) in [5.74, 6) is -1.42. The summed E-state index contributed by atoms with van der Waals surface area (Å²) in [7, 11) is 0. The first-order chi connectivity index (χ1) is 8.90. The van der Waals surface area contributed by atoms with Gasteiger partial charge in [-0.1, -0.05) is 6.92 Å². The van der Waals surface area contributed by atoms with Crippen molar-refractivity contribution < 1.29 is 19.5 Å². The van der Waals surface area contributed by atoms with Gasteiger partial charge in [0.15, 0.2) is 0 Å². The van der Waals surface area contributed by atoms with Crippen LogP contribution >= 0.6 is 0 Å². The van der Waals surface area contributed by atoms with E-state index in [-0.39, 0.29) is 6.54 Å². The molecule has 7 heteroatoms. The Hall–Kier alpha value is -1.63. The van der Waals surface area contributed by atoms with E-state index >= 15 is 0 Å². The fraction of sp³-hybridized carbons (Fsp3) is 0.750. The van der Waals surface area contributed by atoms with Gasteiger partial charge in [-0.3, -0.25) is 19.8 Å². The summed E-state index contributed by atoms with van der Waals surface area (Å²) in [6.07, 6.45) is 2.03. The van der Waals surface area contributed by atoms with Crippen LogP contribution in [0.3, 0.4) is 0 Å². The normalized spacial score (nSPS) is 23.1. The van der Waals surface area contributed by atoms with E-state index in [9.17, 15) is 19.5 Å². The molecule has 7 nitrogen and oxygen atoms in total.